The summed E-state index contributed by atoms with van der Waals surface area (Å²) >= 11 is 1.66. The molecule has 0 aliphatic heterocycles. The molecule has 92 valence electrons. The Morgan fingerprint density at radius 3 is 2.81 bits per heavy atom. The molecule has 0 aromatic carbocycles. The zero-order chi connectivity index (χ0) is 12.4. The van der Waals surface area contributed by atoms with E-state index in [0.717, 1.165) is 11.5 Å². The van der Waals surface area contributed by atoms with Gasteiger partial charge in [0.25, 0.3) is 0 Å². The quantitative estimate of drug-likeness (QED) is 0.399. The van der Waals surface area contributed by atoms with Gasteiger partial charge in [0.15, 0.2) is 0 Å². The molecule has 0 saturated heterocycles. The van der Waals surface area contributed by atoms with Crippen molar-refractivity contribution in [3.63, 3.8) is 0 Å². The van der Waals surface area contributed by atoms with Crippen LogP contribution >= 0.6 is 11.8 Å². The lowest BCUT2D eigenvalue weighted by molar-refractivity contribution is -0.137. The first-order valence-corrected chi connectivity index (χ1v) is 6.17. The van der Waals surface area contributed by atoms with E-state index < -0.39 is 12.0 Å². The number of hydrogen-bond donors (Lipinski definition) is 3. The molecule has 4 N–H and O–H groups in total. The lowest BCUT2D eigenvalue weighted by atomic mass is 10.1. The third-order valence-corrected chi connectivity index (χ3v) is 2.75. The van der Waals surface area contributed by atoms with Crippen LogP contribution in [0, 0.1) is 0 Å². The van der Waals surface area contributed by atoms with Crippen molar-refractivity contribution in [2.24, 2.45) is 5.73 Å². The molecule has 0 aliphatic carbocycles. The van der Waals surface area contributed by atoms with Crippen LogP contribution < -0.4 is 11.1 Å². The summed E-state index contributed by atoms with van der Waals surface area (Å²) in [4.78, 5) is 21.6. The van der Waals surface area contributed by atoms with Gasteiger partial charge < -0.3 is 16.2 Å². The van der Waals surface area contributed by atoms with Crippen LogP contribution in [0.3, 0.4) is 0 Å². The molecule has 0 rings (SSSR count). The van der Waals surface area contributed by atoms with Gasteiger partial charge in [-0.05, 0) is 6.42 Å². The van der Waals surface area contributed by atoms with Gasteiger partial charge >= 0.3 is 5.97 Å². The highest BCUT2D eigenvalue weighted by Gasteiger charge is 2.13. The Morgan fingerprint density at radius 1 is 1.56 bits per heavy atom. The van der Waals surface area contributed by atoms with E-state index in [-0.39, 0.29) is 18.7 Å². The molecule has 5 nitrogen and oxygen atoms in total. The lowest BCUT2D eigenvalue weighted by Gasteiger charge is -2.10. The Labute approximate surface area is 99.5 Å². The Morgan fingerprint density at radius 2 is 2.25 bits per heavy atom. The fourth-order valence-corrected chi connectivity index (χ4v) is 1.53. The number of carboxylic acid groups (broad SMARTS) is 1. The van der Waals surface area contributed by atoms with E-state index in [4.69, 9.17) is 10.8 Å². The second-order valence-corrected chi connectivity index (χ2v) is 4.34. The molecular weight excluding hydrogens is 228 g/mol. The summed E-state index contributed by atoms with van der Waals surface area (Å²) in [6.07, 6.45) is 1.88. The summed E-state index contributed by atoms with van der Waals surface area (Å²) in [5, 5.41) is 11.1. The zero-order valence-electron chi connectivity index (χ0n) is 9.15. The van der Waals surface area contributed by atoms with E-state index in [0.29, 0.717) is 6.54 Å². The molecule has 16 heavy (non-hydrogen) atoms. The van der Waals surface area contributed by atoms with E-state index in [1.54, 1.807) is 17.8 Å². The number of rotatable bonds is 9. The van der Waals surface area contributed by atoms with Crippen LogP contribution in [0.5, 0.6) is 0 Å². The highest BCUT2D eigenvalue weighted by molar-refractivity contribution is 7.99. The summed E-state index contributed by atoms with van der Waals surface area (Å²) in [7, 11) is 0. The van der Waals surface area contributed by atoms with Crippen molar-refractivity contribution in [3.05, 3.63) is 12.7 Å². The third-order valence-electron chi connectivity index (χ3n) is 1.79. The highest BCUT2D eigenvalue weighted by Crippen LogP contribution is 1.98. The molecule has 6 heteroatoms. The van der Waals surface area contributed by atoms with E-state index in [1.807, 2.05) is 0 Å². The van der Waals surface area contributed by atoms with E-state index in [9.17, 15) is 9.59 Å². The van der Waals surface area contributed by atoms with Crippen LogP contribution in [0.1, 0.15) is 12.8 Å². The van der Waals surface area contributed by atoms with Gasteiger partial charge in [-0.15, -0.1) is 6.58 Å². The number of aliphatic carboxylic acids is 1. The number of nitrogens with one attached hydrogen (secondary N) is 1. The monoisotopic (exact) mass is 246 g/mol. The van der Waals surface area contributed by atoms with Crippen LogP contribution in [0.2, 0.25) is 0 Å². The number of thioether (sulfide) groups is 1. The van der Waals surface area contributed by atoms with Gasteiger partial charge in [0, 0.05) is 24.5 Å². The van der Waals surface area contributed by atoms with Crippen molar-refractivity contribution in [3.8, 4) is 0 Å². The van der Waals surface area contributed by atoms with E-state index in [1.165, 1.54) is 0 Å². The molecular formula is C10H18N2O3S. The van der Waals surface area contributed by atoms with Crippen LogP contribution in [0.4, 0.5) is 0 Å². The predicted octanol–water partition coefficient (Wildman–Crippen LogP) is 0.214. The van der Waals surface area contributed by atoms with Crippen molar-refractivity contribution in [2.45, 2.75) is 18.9 Å². The lowest BCUT2D eigenvalue weighted by Crippen LogP contribution is -2.41. The second kappa shape index (κ2) is 9.23. The summed E-state index contributed by atoms with van der Waals surface area (Å²) in [6.45, 7) is 4.12. The van der Waals surface area contributed by atoms with Gasteiger partial charge in [0.2, 0.25) is 5.91 Å². The molecule has 0 aliphatic rings. The molecule has 0 radical (unpaired) electrons. The molecule has 0 bridgehead atoms. The van der Waals surface area contributed by atoms with Crippen molar-refractivity contribution in [2.75, 3.05) is 18.1 Å². The Bertz CT molecular complexity index is 246. The molecule has 0 spiro atoms. The number of carbonyl (C=O) groups excluding carboxylic acids is 1. The van der Waals surface area contributed by atoms with Crippen molar-refractivity contribution < 1.29 is 14.7 Å². The van der Waals surface area contributed by atoms with Crippen LogP contribution in [-0.2, 0) is 9.59 Å². The largest absolute Gasteiger partial charge is 0.481 e. The average Bonchev–Trinajstić information content (AvgIpc) is 2.25. The second-order valence-electron chi connectivity index (χ2n) is 3.19. The fraction of sp³-hybridized carbons (Fsp3) is 0.600. The molecule has 1 unspecified atom stereocenters. The number of carbonyl (C=O) groups is 2. The van der Waals surface area contributed by atoms with Crippen molar-refractivity contribution in [1.29, 1.82) is 0 Å². The van der Waals surface area contributed by atoms with Crippen LogP contribution in [0.25, 0.3) is 0 Å². The van der Waals surface area contributed by atoms with Gasteiger partial charge in [-0.25, -0.2) is 0 Å². The smallest absolute Gasteiger partial charge is 0.303 e. The van der Waals surface area contributed by atoms with Gasteiger partial charge in [0.1, 0.15) is 0 Å². The molecule has 0 aromatic heterocycles. The number of hydrogen-bond acceptors (Lipinski definition) is 4. The van der Waals surface area contributed by atoms with Gasteiger partial charge in [-0.2, -0.15) is 11.8 Å². The summed E-state index contributed by atoms with van der Waals surface area (Å²) in [5.41, 5.74) is 5.51. The summed E-state index contributed by atoms with van der Waals surface area (Å²) < 4.78 is 0. The maximum absolute atomic E-state index is 11.3. The first kappa shape index (κ1) is 15.0. The average molecular weight is 246 g/mol. The Hall–Kier alpha value is -1.01. The minimum absolute atomic E-state index is 0.0835. The topological polar surface area (TPSA) is 92.4 Å². The fourth-order valence-electron chi connectivity index (χ4n) is 0.954. The van der Waals surface area contributed by atoms with Crippen LogP contribution in [0.15, 0.2) is 12.7 Å². The first-order chi connectivity index (χ1) is 7.57. The minimum Gasteiger partial charge on any atom is -0.481 e. The molecule has 0 fully saturated rings. The van der Waals surface area contributed by atoms with Crippen molar-refractivity contribution in [1.82, 2.24) is 5.32 Å². The molecule has 0 saturated carbocycles. The normalized spacial score (nSPS) is 11.8. The number of amides is 1. The summed E-state index contributed by atoms with van der Waals surface area (Å²) in [5.74, 6) is 0.412. The minimum atomic E-state index is -0.940. The molecule has 0 heterocycles. The Kier molecular flexibility index (Phi) is 8.65. The zero-order valence-corrected chi connectivity index (χ0v) is 9.96. The standard InChI is InChI=1S/C10H18N2O3S/c1-2-6-16-7-5-12-10(15)8(11)3-4-9(13)14/h2,8H,1,3-7,11H2,(H,12,15)(H,13,14). The SMILES string of the molecule is C=CCSCCNC(=O)C(N)CCC(=O)O. The van der Waals surface area contributed by atoms with Crippen molar-refractivity contribution >= 4 is 23.6 Å². The maximum atomic E-state index is 11.3. The molecule has 1 atom stereocenters. The number of carboxylic acids is 1. The van der Waals surface area contributed by atoms with Crippen LogP contribution in [-0.4, -0.2) is 41.1 Å². The van der Waals surface area contributed by atoms with Gasteiger partial charge in [0.05, 0.1) is 6.04 Å². The van der Waals surface area contributed by atoms with Gasteiger partial charge in [-0.3, -0.25) is 9.59 Å². The highest BCUT2D eigenvalue weighted by atomic mass is 32.2. The first-order valence-electron chi connectivity index (χ1n) is 5.01. The van der Waals surface area contributed by atoms with Gasteiger partial charge in [-0.1, -0.05) is 6.08 Å². The molecule has 0 aromatic rings. The third kappa shape index (κ3) is 8.31. The van der Waals surface area contributed by atoms with E-state index >= 15 is 0 Å². The maximum Gasteiger partial charge on any atom is 0.303 e. The van der Waals surface area contributed by atoms with E-state index in [2.05, 4.69) is 11.9 Å². The predicted molar refractivity (Wildman–Crippen MR) is 65.4 cm³/mol. The number of nitrogens with two attached hydrogens (primary N) is 1. The molecule has 1 amide bonds. The summed E-state index contributed by atoms with van der Waals surface area (Å²) in [6, 6.07) is -0.736. The Balaban J connectivity index is 3.54.